The molecule has 172 valence electrons. The fraction of sp³-hybridized carbons (Fsp3) is 0. The number of anilines is 4. The van der Waals surface area contributed by atoms with E-state index in [1.54, 1.807) is 36.4 Å². The smallest absolute Gasteiger partial charge is 0.175 e. The quantitative estimate of drug-likeness (QED) is 0.185. The van der Waals surface area contributed by atoms with E-state index in [9.17, 15) is 0 Å². The van der Waals surface area contributed by atoms with Gasteiger partial charge in [-0.2, -0.15) is 0 Å². The van der Waals surface area contributed by atoms with Crippen molar-refractivity contribution >= 4 is 115 Å². The Morgan fingerprint density at radius 1 is 0.500 bits per heavy atom. The summed E-state index contributed by atoms with van der Waals surface area (Å²) in [5.41, 5.74) is 3.13. The first-order valence-electron chi connectivity index (χ1n) is 9.88. The van der Waals surface area contributed by atoms with Crippen LogP contribution in [0.15, 0.2) is 72.8 Å². The Balaban J connectivity index is 1.51. The molecule has 0 atom stereocenters. The molecule has 0 aromatic heterocycles. The molecule has 10 heteroatoms. The van der Waals surface area contributed by atoms with Gasteiger partial charge in [0.1, 0.15) is 0 Å². The number of halogens is 4. The summed E-state index contributed by atoms with van der Waals surface area (Å²) in [5, 5.41) is 17.3. The van der Waals surface area contributed by atoms with Crippen LogP contribution in [0.25, 0.3) is 10.8 Å². The number of hydrogen-bond acceptors (Lipinski definition) is 2. The second-order valence-corrected chi connectivity index (χ2v) is 9.57. The molecule has 34 heavy (non-hydrogen) atoms. The van der Waals surface area contributed by atoms with Gasteiger partial charge in [-0.15, -0.1) is 0 Å². The van der Waals surface area contributed by atoms with Crippen LogP contribution in [0.2, 0.25) is 20.1 Å². The first kappa shape index (κ1) is 24.8. The molecule has 4 rings (SSSR count). The normalized spacial score (nSPS) is 10.6. The van der Waals surface area contributed by atoms with Crippen molar-refractivity contribution in [2.24, 2.45) is 0 Å². The van der Waals surface area contributed by atoms with Gasteiger partial charge in [0.05, 0.1) is 20.1 Å². The number of nitrogens with one attached hydrogen (secondary N) is 4. The fourth-order valence-electron chi connectivity index (χ4n) is 3.25. The molecule has 0 aliphatic heterocycles. The summed E-state index contributed by atoms with van der Waals surface area (Å²) in [7, 11) is 0. The monoisotopic (exact) mass is 564 g/mol. The summed E-state index contributed by atoms with van der Waals surface area (Å²) >= 11 is 35.1. The molecule has 4 nitrogen and oxygen atoms in total. The third-order valence-electron chi connectivity index (χ3n) is 4.77. The zero-order chi connectivity index (χ0) is 24.2. The molecule has 0 aliphatic rings. The molecule has 0 unspecified atom stereocenters. The summed E-state index contributed by atoms with van der Waals surface area (Å²) in [6.45, 7) is 0. The van der Waals surface area contributed by atoms with Crippen molar-refractivity contribution in [1.82, 2.24) is 0 Å². The number of rotatable bonds is 4. The summed E-state index contributed by atoms with van der Waals surface area (Å²) in [5.74, 6) is 0. The maximum atomic E-state index is 6.09. The lowest BCUT2D eigenvalue weighted by molar-refractivity contribution is 1.60. The molecule has 0 amide bonds. The van der Waals surface area contributed by atoms with Crippen molar-refractivity contribution in [3.05, 3.63) is 92.9 Å². The van der Waals surface area contributed by atoms with Gasteiger partial charge in [0, 0.05) is 33.5 Å². The van der Waals surface area contributed by atoms with Gasteiger partial charge in [0.25, 0.3) is 0 Å². The standard InChI is InChI=1S/C24H16Cl4N4S2/c25-17-9-7-13(11-19(17)27)29-23(33)31-21-5-1-3-15-16(21)4-2-6-22(15)32-24(34)30-14-8-10-18(26)20(28)12-14/h1-12H,(H2,29,31,33)(H2,30,32,34). The maximum absolute atomic E-state index is 6.09. The van der Waals surface area contributed by atoms with E-state index in [-0.39, 0.29) is 0 Å². The van der Waals surface area contributed by atoms with Gasteiger partial charge in [-0.25, -0.2) is 0 Å². The third-order valence-corrected chi connectivity index (χ3v) is 6.66. The van der Waals surface area contributed by atoms with Gasteiger partial charge >= 0.3 is 0 Å². The van der Waals surface area contributed by atoms with Crippen LogP contribution in [0.3, 0.4) is 0 Å². The van der Waals surface area contributed by atoms with E-state index >= 15 is 0 Å². The van der Waals surface area contributed by atoms with Crippen molar-refractivity contribution in [2.75, 3.05) is 21.3 Å². The van der Waals surface area contributed by atoms with E-state index in [1.165, 1.54) is 0 Å². The van der Waals surface area contributed by atoms with Crippen LogP contribution in [0.4, 0.5) is 22.7 Å². The number of fused-ring (bicyclic) bond motifs is 1. The van der Waals surface area contributed by atoms with Crippen LogP contribution >= 0.6 is 70.8 Å². The molecule has 0 aliphatic carbocycles. The second-order valence-electron chi connectivity index (χ2n) is 7.12. The molecule has 0 heterocycles. The van der Waals surface area contributed by atoms with Crippen LogP contribution in [0.5, 0.6) is 0 Å². The van der Waals surface area contributed by atoms with Gasteiger partial charge in [-0.1, -0.05) is 70.7 Å². The first-order chi connectivity index (χ1) is 16.3. The van der Waals surface area contributed by atoms with E-state index in [4.69, 9.17) is 70.8 Å². The lowest BCUT2D eigenvalue weighted by Crippen LogP contribution is -2.20. The van der Waals surface area contributed by atoms with Crippen LogP contribution in [0.1, 0.15) is 0 Å². The van der Waals surface area contributed by atoms with Gasteiger partial charge in [0.2, 0.25) is 0 Å². The number of hydrogen-bond donors (Lipinski definition) is 4. The van der Waals surface area contributed by atoms with Crippen molar-refractivity contribution in [3.63, 3.8) is 0 Å². The molecule has 0 fully saturated rings. The zero-order valence-electron chi connectivity index (χ0n) is 17.3. The van der Waals surface area contributed by atoms with Gasteiger partial charge in [0.15, 0.2) is 10.2 Å². The fourth-order valence-corrected chi connectivity index (χ4v) is 4.30. The first-order valence-corrected chi connectivity index (χ1v) is 12.2. The lowest BCUT2D eigenvalue weighted by Gasteiger charge is -2.16. The van der Waals surface area contributed by atoms with Crippen molar-refractivity contribution in [2.45, 2.75) is 0 Å². The predicted molar refractivity (Wildman–Crippen MR) is 157 cm³/mol. The number of thiocarbonyl (C=S) groups is 2. The highest BCUT2D eigenvalue weighted by atomic mass is 35.5. The maximum Gasteiger partial charge on any atom is 0.175 e. The average Bonchev–Trinajstić information content (AvgIpc) is 2.79. The molecule has 4 N–H and O–H groups in total. The molecule has 4 aromatic carbocycles. The Morgan fingerprint density at radius 3 is 1.29 bits per heavy atom. The lowest BCUT2D eigenvalue weighted by atomic mass is 10.1. The van der Waals surface area contributed by atoms with Gasteiger partial charge in [-0.05, 0) is 73.0 Å². The van der Waals surface area contributed by atoms with Crippen LogP contribution in [-0.2, 0) is 0 Å². The van der Waals surface area contributed by atoms with Crippen LogP contribution in [-0.4, -0.2) is 10.2 Å². The van der Waals surface area contributed by atoms with Gasteiger partial charge in [-0.3, -0.25) is 0 Å². The Labute approximate surface area is 227 Å². The van der Waals surface area contributed by atoms with Crippen molar-refractivity contribution < 1.29 is 0 Å². The van der Waals surface area contributed by atoms with E-state index in [1.807, 2.05) is 36.4 Å². The molecule has 0 radical (unpaired) electrons. The zero-order valence-corrected chi connectivity index (χ0v) is 21.9. The average molecular weight is 566 g/mol. The largest absolute Gasteiger partial charge is 0.332 e. The molecule has 0 saturated carbocycles. The highest BCUT2D eigenvalue weighted by Crippen LogP contribution is 2.31. The summed E-state index contributed by atoms with van der Waals surface area (Å²) in [4.78, 5) is 0. The summed E-state index contributed by atoms with van der Waals surface area (Å²) in [6.07, 6.45) is 0. The molecule has 4 aromatic rings. The Bertz CT molecular complexity index is 1300. The minimum Gasteiger partial charge on any atom is -0.332 e. The molecular formula is C24H16Cl4N4S2. The Morgan fingerprint density at radius 2 is 0.912 bits per heavy atom. The summed E-state index contributed by atoms with van der Waals surface area (Å²) < 4.78 is 0. The SMILES string of the molecule is S=C(Nc1ccc(Cl)c(Cl)c1)Nc1cccc2c(NC(=S)Nc3ccc(Cl)c(Cl)c3)cccc12. The highest BCUT2D eigenvalue weighted by Gasteiger charge is 2.09. The van der Waals surface area contributed by atoms with E-state index in [0.29, 0.717) is 30.3 Å². The second kappa shape index (κ2) is 11.0. The molecular weight excluding hydrogens is 550 g/mol. The van der Waals surface area contributed by atoms with Crippen molar-refractivity contribution in [3.8, 4) is 0 Å². The van der Waals surface area contributed by atoms with Gasteiger partial charge < -0.3 is 21.3 Å². The topological polar surface area (TPSA) is 48.1 Å². The minimum atomic E-state index is 0.418. The Kier molecular flexibility index (Phi) is 7.99. The molecule has 0 spiro atoms. The van der Waals surface area contributed by atoms with Crippen molar-refractivity contribution in [1.29, 1.82) is 0 Å². The van der Waals surface area contributed by atoms with Crippen LogP contribution in [0, 0.1) is 0 Å². The predicted octanol–water partition coefficient (Wildman–Crippen LogP) is 9.07. The Hall–Kier alpha value is -2.32. The molecule has 0 bridgehead atoms. The van der Waals surface area contributed by atoms with E-state index in [2.05, 4.69) is 21.3 Å². The molecule has 0 saturated heterocycles. The minimum absolute atomic E-state index is 0.418. The third kappa shape index (κ3) is 6.02. The van der Waals surface area contributed by atoms with E-state index < -0.39 is 0 Å². The van der Waals surface area contributed by atoms with Crippen LogP contribution < -0.4 is 21.3 Å². The number of benzene rings is 4. The summed E-state index contributed by atoms with van der Waals surface area (Å²) in [6, 6.07) is 22.2. The highest BCUT2D eigenvalue weighted by molar-refractivity contribution is 7.81. The van der Waals surface area contributed by atoms with E-state index in [0.717, 1.165) is 33.5 Å².